The molecule has 14 heavy (non-hydrogen) atoms. The fourth-order valence-electron chi connectivity index (χ4n) is 0.764. The monoisotopic (exact) mass is 205 g/mol. The van der Waals surface area contributed by atoms with E-state index in [4.69, 9.17) is 0 Å². The normalized spacial score (nSPS) is 11.1. The highest BCUT2D eigenvalue weighted by Crippen LogP contribution is 2.18. The summed E-state index contributed by atoms with van der Waals surface area (Å²) in [6, 6.07) is 2.76. The van der Waals surface area contributed by atoms with Gasteiger partial charge < -0.3 is 4.74 Å². The van der Waals surface area contributed by atoms with E-state index in [1.807, 2.05) is 0 Å². The molecule has 0 saturated carbocycles. The van der Waals surface area contributed by atoms with Crippen molar-refractivity contribution in [1.82, 2.24) is 4.98 Å². The van der Waals surface area contributed by atoms with Crippen LogP contribution in [0.4, 0.5) is 13.2 Å². The molecule has 0 spiro atoms. The number of rotatable bonds is 3. The van der Waals surface area contributed by atoms with E-state index in [2.05, 4.69) is 9.72 Å². The van der Waals surface area contributed by atoms with Crippen molar-refractivity contribution < 1.29 is 22.7 Å². The molecule has 76 valence electrons. The Kier molecular flexibility index (Phi) is 3.06. The predicted octanol–water partition coefficient (Wildman–Crippen LogP) is 1.84. The molecule has 0 radical (unpaired) electrons. The van der Waals surface area contributed by atoms with E-state index in [9.17, 15) is 18.0 Å². The van der Waals surface area contributed by atoms with Gasteiger partial charge in [-0.1, -0.05) is 0 Å². The lowest BCUT2D eigenvalue weighted by atomic mass is 10.3. The quantitative estimate of drug-likeness (QED) is 0.706. The zero-order valence-electron chi connectivity index (χ0n) is 6.91. The van der Waals surface area contributed by atoms with Gasteiger partial charge in [0.15, 0.2) is 12.9 Å². The molecule has 0 bridgehead atoms. The number of aromatic nitrogens is 1. The van der Waals surface area contributed by atoms with Crippen molar-refractivity contribution in [3.8, 4) is 5.88 Å². The summed E-state index contributed by atoms with van der Waals surface area (Å²) in [5, 5.41) is 0. The maximum absolute atomic E-state index is 11.7. The molecule has 0 aliphatic rings. The van der Waals surface area contributed by atoms with Gasteiger partial charge in [-0.15, -0.1) is 0 Å². The van der Waals surface area contributed by atoms with Gasteiger partial charge in [-0.05, 0) is 12.1 Å². The van der Waals surface area contributed by atoms with E-state index in [1.54, 1.807) is 0 Å². The van der Waals surface area contributed by atoms with Crippen LogP contribution >= 0.6 is 0 Å². The summed E-state index contributed by atoms with van der Waals surface area (Å²) < 4.78 is 39.5. The van der Waals surface area contributed by atoms with Crippen molar-refractivity contribution in [2.75, 3.05) is 6.61 Å². The summed E-state index contributed by atoms with van der Waals surface area (Å²) in [6.07, 6.45) is -2.80. The highest BCUT2D eigenvalue weighted by atomic mass is 19.4. The first-order valence-electron chi connectivity index (χ1n) is 3.62. The molecule has 0 amide bonds. The Labute approximate surface area is 77.5 Å². The largest absolute Gasteiger partial charge is 0.467 e. The number of carbonyl (C=O) groups is 1. The molecule has 0 N–H and O–H groups in total. The Balaban J connectivity index is 2.71. The van der Waals surface area contributed by atoms with Crippen molar-refractivity contribution >= 4 is 6.29 Å². The van der Waals surface area contributed by atoms with Gasteiger partial charge in [0.2, 0.25) is 5.88 Å². The first-order chi connectivity index (χ1) is 6.53. The lowest BCUT2D eigenvalue weighted by Crippen LogP contribution is -2.20. The minimum atomic E-state index is -4.43. The van der Waals surface area contributed by atoms with Crippen LogP contribution in [0.5, 0.6) is 5.88 Å². The second-order valence-electron chi connectivity index (χ2n) is 2.42. The molecule has 0 aliphatic heterocycles. The molecule has 0 aliphatic carbocycles. The Morgan fingerprint density at radius 3 is 2.79 bits per heavy atom. The van der Waals surface area contributed by atoms with Crippen molar-refractivity contribution in [2.45, 2.75) is 6.18 Å². The molecule has 0 saturated heterocycles. The average molecular weight is 205 g/mol. The molecule has 1 aromatic heterocycles. The Hall–Kier alpha value is -1.59. The fraction of sp³-hybridized carbons (Fsp3) is 0.250. The Bertz CT molecular complexity index is 325. The van der Waals surface area contributed by atoms with Gasteiger partial charge in [0.1, 0.15) is 0 Å². The van der Waals surface area contributed by atoms with E-state index in [0.717, 1.165) is 0 Å². The van der Waals surface area contributed by atoms with Gasteiger partial charge in [-0.25, -0.2) is 4.98 Å². The number of ether oxygens (including phenoxy) is 1. The van der Waals surface area contributed by atoms with E-state index in [-0.39, 0.29) is 11.4 Å². The molecular formula is C8H6F3NO2. The van der Waals surface area contributed by atoms with Crippen molar-refractivity contribution in [2.24, 2.45) is 0 Å². The number of alkyl halides is 3. The number of nitrogens with zero attached hydrogens (tertiary/aromatic N) is 1. The first kappa shape index (κ1) is 10.5. The molecule has 1 rings (SSSR count). The van der Waals surface area contributed by atoms with Crippen LogP contribution in [0.1, 0.15) is 10.4 Å². The molecule has 3 nitrogen and oxygen atoms in total. The van der Waals surface area contributed by atoms with Crippen LogP contribution in [0.2, 0.25) is 0 Å². The molecule has 0 fully saturated rings. The maximum Gasteiger partial charge on any atom is 0.422 e. The standard InChI is InChI=1S/C8H6F3NO2/c9-8(10,11)5-14-7-6(4-13)2-1-3-12-7/h1-4H,5H2. The lowest BCUT2D eigenvalue weighted by molar-refractivity contribution is -0.154. The summed E-state index contributed by atoms with van der Waals surface area (Å²) >= 11 is 0. The molecular weight excluding hydrogens is 199 g/mol. The highest BCUT2D eigenvalue weighted by Gasteiger charge is 2.29. The lowest BCUT2D eigenvalue weighted by Gasteiger charge is -2.08. The van der Waals surface area contributed by atoms with Gasteiger partial charge in [0.25, 0.3) is 0 Å². The highest BCUT2D eigenvalue weighted by molar-refractivity contribution is 5.77. The third kappa shape index (κ3) is 3.04. The second kappa shape index (κ2) is 4.08. The smallest absolute Gasteiger partial charge is 0.422 e. The number of hydrogen-bond donors (Lipinski definition) is 0. The zero-order chi connectivity index (χ0) is 10.6. The number of carbonyl (C=O) groups excluding carboxylic acids is 1. The average Bonchev–Trinajstić information content (AvgIpc) is 2.14. The van der Waals surface area contributed by atoms with Gasteiger partial charge in [0.05, 0.1) is 5.56 Å². The van der Waals surface area contributed by atoms with Crippen LogP contribution in [-0.2, 0) is 0 Å². The number of halogens is 3. The maximum atomic E-state index is 11.7. The number of aldehydes is 1. The van der Waals surface area contributed by atoms with Crippen molar-refractivity contribution in [3.63, 3.8) is 0 Å². The van der Waals surface area contributed by atoms with Crippen molar-refractivity contribution in [1.29, 1.82) is 0 Å². The van der Waals surface area contributed by atoms with Gasteiger partial charge in [-0.3, -0.25) is 4.79 Å². The van der Waals surface area contributed by atoms with Crippen LogP contribution < -0.4 is 4.74 Å². The third-order valence-electron chi connectivity index (χ3n) is 1.30. The summed E-state index contributed by atoms with van der Waals surface area (Å²) in [5.41, 5.74) is -0.00301. The molecule has 0 atom stereocenters. The Morgan fingerprint density at radius 1 is 1.50 bits per heavy atom. The SMILES string of the molecule is O=Cc1cccnc1OCC(F)(F)F. The van der Waals surface area contributed by atoms with Crippen LogP contribution in [-0.4, -0.2) is 24.1 Å². The van der Waals surface area contributed by atoms with Crippen LogP contribution in [0.25, 0.3) is 0 Å². The van der Waals surface area contributed by atoms with Crippen LogP contribution in [0, 0.1) is 0 Å². The first-order valence-corrected chi connectivity index (χ1v) is 3.62. The van der Waals surface area contributed by atoms with Crippen molar-refractivity contribution in [3.05, 3.63) is 23.9 Å². The summed E-state index contributed by atoms with van der Waals surface area (Å²) in [4.78, 5) is 13.8. The van der Waals surface area contributed by atoms with Gasteiger partial charge >= 0.3 is 6.18 Å². The molecule has 1 aromatic rings. The summed E-state index contributed by atoms with van der Waals surface area (Å²) in [7, 11) is 0. The molecule has 0 aromatic carbocycles. The number of hydrogen-bond acceptors (Lipinski definition) is 3. The predicted molar refractivity (Wildman–Crippen MR) is 41.2 cm³/mol. The minimum absolute atomic E-state index is 0.00301. The molecule has 1 heterocycles. The molecule has 6 heteroatoms. The van der Waals surface area contributed by atoms with E-state index < -0.39 is 12.8 Å². The van der Waals surface area contributed by atoms with Gasteiger partial charge in [-0.2, -0.15) is 13.2 Å². The van der Waals surface area contributed by atoms with Gasteiger partial charge in [0, 0.05) is 6.20 Å². The zero-order valence-corrected chi connectivity index (χ0v) is 6.91. The number of pyridine rings is 1. The summed E-state index contributed by atoms with van der Waals surface area (Å²) in [6.45, 7) is -1.45. The summed E-state index contributed by atoms with van der Waals surface area (Å²) in [5.74, 6) is -0.306. The van der Waals surface area contributed by atoms with E-state index in [1.165, 1.54) is 18.3 Å². The fourth-order valence-corrected chi connectivity index (χ4v) is 0.764. The molecule has 0 unspecified atom stereocenters. The van der Waals surface area contributed by atoms with E-state index >= 15 is 0 Å². The minimum Gasteiger partial charge on any atom is -0.467 e. The van der Waals surface area contributed by atoms with E-state index in [0.29, 0.717) is 6.29 Å². The topological polar surface area (TPSA) is 39.2 Å². The van der Waals surface area contributed by atoms with Crippen LogP contribution in [0.15, 0.2) is 18.3 Å². The Morgan fingerprint density at radius 2 is 2.21 bits per heavy atom. The third-order valence-corrected chi connectivity index (χ3v) is 1.30. The van der Waals surface area contributed by atoms with Crippen LogP contribution in [0.3, 0.4) is 0 Å². The second-order valence-corrected chi connectivity index (χ2v) is 2.42.